The molecule has 0 spiro atoms. The second kappa shape index (κ2) is 6.83. The molecule has 0 aliphatic carbocycles. The third-order valence-corrected chi connectivity index (χ3v) is 4.24. The molecule has 3 aromatic rings. The van der Waals surface area contributed by atoms with Crippen molar-refractivity contribution in [3.8, 4) is 10.6 Å². The summed E-state index contributed by atoms with van der Waals surface area (Å²) in [7, 11) is 0. The molecule has 2 aromatic heterocycles. The molecule has 104 valence electrons. The zero-order chi connectivity index (χ0) is 13.2. The van der Waals surface area contributed by atoms with Crippen LogP contribution in [0.4, 0.5) is 0 Å². The van der Waals surface area contributed by atoms with Crippen LogP contribution in [0, 0.1) is 0 Å². The lowest BCUT2D eigenvalue weighted by atomic mass is 10.3. The summed E-state index contributed by atoms with van der Waals surface area (Å²) in [5.74, 6) is 0. The van der Waals surface area contributed by atoms with Crippen LogP contribution in [0.5, 0.6) is 0 Å². The Labute approximate surface area is 144 Å². The Bertz CT molecular complexity index is 727. The maximum Gasteiger partial charge on any atom is 0.179 e. The molecule has 0 unspecified atom stereocenters. The SMILES string of the molecule is CCC[n+]1cccc(-c2nc3ccc(Cl)cc3s2)c1.[I-]. The smallest absolute Gasteiger partial charge is 0.179 e. The Morgan fingerprint density at radius 1 is 1.30 bits per heavy atom. The van der Waals surface area contributed by atoms with E-state index in [1.165, 1.54) is 0 Å². The van der Waals surface area contributed by atoms with Gasteiger partial charge in [0, 0.05) is 17.5 Å². The molecule has 1 aromatic carbocycles. The second-order valence-corrected chi connectivity index (χ2v) is 5.93. The molecule has 20 heavy (non-hydrogen) atoms. The van der Waals surface area contributed by atoms with E-state index in [1.807, 2.05) is 18.2 Å². The number of aryl methyl sites for hydroxylation is 1. The largest absolute Gasteiger partial charge is 1.00 e. The molecule has 0 fully saturated rings. The molecule has 0 saturated heterocycles. The molecule has 0 N–H and O–H groups in total. The van der Waals surface area contributed by atoms with Gasteiger partial charge in [-0.15, -0.1) is 11.3 Å². The van der Waals surface area contributed by atoms with Crippen molar-refractivity contribution in [1.82, 2.24) is 4.98 Å². The van der Waals surface area contributed by atoms with Crippen LogP contribution in [0.2, 0.25) is 5.02 Å². The summed E-state index contributed by atoms with van der Waals surface area (Å²) in [5, 5.41) is 1.81. The van der Waals surface area contributed by atoms with Crippen molar-refractivity contribution in [2.75, 3.05) is 0 Å². The van der Waals surface area contributed by atoms with E-state index in [2.05, 4.69) is 41.0 Å². The number of hydrogen-bond donors (Lipinski definition) is 0. The normalized spacial score (nSPS) is 10.5. The number of benzene rings is 1. The van der Waals surface area contributed by atoms with E-state index in [0.29, 0.717) is 0 Å². The predicted molar refractivity (Wildman–Crippen MR) is 80.6 cm³/mol. The number of rotatable bonds is 3. The van der Waals surface area contributed by atoms with Gasteiger partial charge in [0.25, 0.3) is 0 Å². The van der Waals surface area contributed by atoms with E-state index >= 15 is 0 Å². The zero-order valence-corrected chi connectivity index (χ0v) is 14.7. The van der Waals surface area contributed by atoms with Crippen molar-refractivity contribution in [1.29, 1.82) is 0 Å². The van der Waals surface area contributed by atoms with Gasteiger partial charge < -0.3 is 24.0 Å². The summed E-state index contributed by atoms with van der Waals surface area (Å²) in [5.41, 5.74) is 2.17. The van der Waals surface area contributed by atoms with Gasteiger partial charge in [0.05, 0.1) is 15.8 Å². The highest BCUT2D eigenvalue weighted by Gasteiger charge is 2.10. The number of thiazole rings is 1. The van der Waals surface area contributed by atoms with Crippen molar-refractivity contribution < 1.29 is 28.5 Å². The van der Waals surface area contributed by atoms with Crippen LogP contribution in [0.3, 0.4) is 0 Å². The fraction of sp³-hybridized carbons (Fsp3) is 0.200. The Hall–Kier alpha value is -0.720. The summed E-state index contributed by atoms with van der Waals surface area (Å²) < 4.78 is 3.34. The molecule has 0 aliphatic heterocycles. The van der Waals surface area contributed by atoms with E-state index in [1.54, 1.807) is 11.3 Å². The summed E-state index contributed by atoms with van der Waals surface area (Å²) in [4.78, 5) is 4.67. The lowest BCUT2D eigenvalue weighted by Gasteiger charge is -1.96. The molecule has 2 nitrogen and oxygen atoms in total. The first-order valence-corrected chi connectivity index (χ1v) is 7.51. The molecule has 0 amide bonds. The number of halogens is 2. The van der Waals surface area contributed by atoms with Gasteiger partial charge in [-0.05, 0) is 24.3 Å². The third kappa shape index (κ3) is 3.30. The van der Waals surface area contributed by atoms with Crippen LogP contribution < -0.4 is 28.5 Å². The first kappa shape index (κ1) is 15.7. The van der Waals surface area contributed by atoms with Crippen LogP contribution in [0.25, 0.3) is 20.8 Å². The Morgan fingerprint density at radius 3 is 2.95 bits per heavy atom. The summed E-state index contributed by atoms with van der Waals surface area (Å²) in [6, 6.07) is 10.0. The van der Waals surface area contributed by atoms with Crippen molar-refractivity contribution in [3.05, 3.63) is 47.7 Å². The highest BCUT2D eigenvalue weighted by molar-refractivity contribution is 7.21. The third-order valence-electron chi connectivity index (χ3n) is 2.94. The van der Waals surface area contributed by atoms with Crippen molar-refractivity contribution in [3.63, 3.8) is 0 Å². The number of hydrogen-bond acceptors (Lipinski definition) is 2. The van der Waals surface area contributed by atoms with E-state index in [4.69, 9.17) is 11.6 Å². The Morgan fingerprint density at radius 2 is 2.15 bits per heavy atom. The molecule has 5 heteroatoms. The molecule has 0 atom stereocenters. The molecule has 0 radical (unpaired) electrons. The maximum atomic E-state index is 6.02. The van der Waals surface area contributed by atoms with E-state index < -0.39 is 0 Å². The molecule has 3 rings (SSSR count). The van der Waals surface area contributed by atoms with Gasteiger partial charge in [-0.25, -0.2) is 9.55 Å². The van der Waals surface area contributed by atoms with Crippen LogP contribution >= 0.6 is 22.9 Å². The second-order valence-electron chi connectivity index (χ2n) is 4.46. The van der Waals surface area contributed by atoms with Gasteiger partial charge in [-0.1, -0.05) is 18.5 Å². The van der Waals surface area contributed by atoms with Crippen molar-refractivity contribution in [2.45, 2.75) is 19.9 Å². The quantitative estimate of drug-likeness (QED) is 0.465. The van der Waals surface area contributed by atoms with Gasteiger partial charge in [0.1, 0.15) is 11.6 Å². The number of aromatic nitrogens is 2. The molecule has 0 aliphatic rings. The first-order valence-electron chi connectivity index (χ1n) is 6.32. The maximum absolute atomic E-state index is 6.02. The lowest BCUT2D eigenvalue weighted by Crippen LogP contribution is -3.00. The molecule has 0 saturated carbocycles. The van der Waals surface area contributed by atoms with Gasteiger partial charge in [0.15, 0.2) is 12.4 Å². The minimum atomic E-state index is 0. The van der Waals surface area contributed by atoms with Gasteiger partial charge in [0.2, 0.25) is 0 Å². The van der Waals surface area contributed by atoms with Crippen molar-refractivity contribution in [2.24, 2.45) is 0 Å². The fourth-order valence-corrected chi connectivity index (χ4v) is 3.30. The fourth-order valence-electron chi connectivity index (χ4n) is 2.07. The topological polar surface area (TPSA) is 16.8 Å². The van der Waals surface area contributed by atoms with E-state index in [-0.39, 0.29) is 24.0 Å². The van der Waals surface area contributed by atoms with Gasteiger partial charge in [-0.2, -0.15) is 0 Å². The summed E-state index contributed by atoms with van der Waals surface area (Å²) >= 11 is 7.70. The monoisotopic (exact) mass is 416 g/mol. The standard InChI is InChI=1S/C15H14ClN2S.HI/c1-2-7-18-8-3-4-11(10-18)15-17-13-6-5-12(16)9-14(13)19-15;/h3-6,8-10H,2,7H2,1H3;1H/q+1;/p-1. The van der Waals surface area contributed by atoms with E-state index in [9.17, 15) is 0 Å². The Kier molecular flexibility index (Phi) is 5.35. The molecular formula is C15H14ClIN2S. The summed E-state index contributed by atoms with van der Waals surface area (Å²) in [6.45, 7) is 3.21. The van der Waals surface area contributed by atoms with Crippen LogP contribution in [-0.2, 0) is 6.54 Å². The highest BCUT2D eigenvalue weighted by Crippen LogP contribution is 2.30. The average Bonchev–Trinajstić information content (AvgIpc) is 2.82. The molecule has 2 heterocycles. The zero-order valence-electron chi connectivity index (χ0n) is 11.0. The van der Waals surface area contributed by atoms with Gasteiger partial charge in [-0.3, -0.25) is 0 Å². The average molecular weight is 417 g/mol. The number of pyridine rings is 1. The predicted octanol–water partition coefficient (Wildman–Crippen LogP) is 1.32. The van der Waals surface area contributed by atoms with Crippen LogP contribution in [0.1, 0.15) is 13.3 Å². The summed E-state index contributed by atoms with van der Waals surface area (Å²) in [6.07, 6.45) is 5.38. The van der Waals surface area contributed by atoms with Crippen LogP contribution in [-0.4, -0.2) is 4.98 Å². The van der Waals surface area contributed by atoms with Gasteiger partial charge >= 0.3 is 0 Å². The number of fused-ring (bicyclic) bond motifs is 1. The minimum absolute atomic E-state index is 0. The first-order chi connectivity index (χ1) is 9.26. The minimum Gasteiger partial charge on any atom is -1.00 e. The Balaban J connectivity index is 0.00000147. The molecule has 0 bridgehead atoms. The van der Waals surface area contributed by atoms with Crippen LogP contribution in [0.15, 0.2) is 42.7 Å². The van der Waals surface area contributed by atoms with Crippen molar-refractivity contribution >= 4 is 33.2 Å². The van der Waals surface area contributed by atoms with E-state index in [0.717, 1.165) is 38.8 Å². The molecular weight excluding hydrogens is 403 g/mol. The number of nitrogens with zero attached hydrogens (tertiary/aromatic N) is 2. The lowest BCUT2D eigenvalue weighted by molar-refractivity contribution is -0.696. The highest BCUT2D eigenvalue weighted by atomic mass is 127.